The summed E-state index contributed by atoms with van der Waals surface area (Å²) in [4.78, 5) is 20.8. The maximum absolute atomic E-state index is 10.6. The minimum atomic E-state index is -0.340. The molecule has 0 aliphatic heterocycles. The Morgan fingerprint density at radius 1 is 1.50 bits per heavy atom. The Morgan fingerprint density at radius 2 is 2.00 bits per heavy atom. The molecule has 2 N–H and O–H groups in total. The smallest absolute Gasteiger partial charge is 0.217 e. The van der Waals surface area contributed by atoms with Crippen LogP contribution in [0.3, 0.4) is 0 Å². The van der Waals surface area contributed by atoms with Gasteiger partial charge in [-0.3, -0.25) is 9.59 Å². The van der Waals surface area contributed by atoms with Crippen LogP contribution in [-0.2, 0) is 9.59 Å². The second-order valence-corrected chi connectivity index (χ2v) is 2.52. The van der Waals surface area contributed by atoms with Gasteiger partial charge in [0.25, 0.3) is 0 Å². The Morgan fingerprint density at radius 3 is 2.30 bits per heavy atom. The Balaban J connectivity index is 3.49. The molecule has 0 radical (unpaired) electrons. The predicted molar refractivity (Wildman–Crippen MR) is 38.3 cm³/mol. The number of ketones is 1. The molecule has 0 heterocycles. The van der Waals surface area contributed by atoms with Gasteiger partial charge in [0.1, 0.15) is 5.78 Å². The summed E-state index contributed by atoms with van der Waals surface area (Å²) in [5, 5.41) is 0. The molecular formula is C7H13NO2. The number of Topliss-reactive ketones (excluding diaryl/α,β-unsaturated/α-hetero) is 1. The molecule has 3 nitrogen and oxygen atoms in total. The molecule has 58 valence electrons. The van der Waals surface area contributed by atoms with Gasteiger partial charge >= 0.3 is 0 Å². The zero-order valence-corrected chi connectivity index (χ0v) is 6.39. The van der Waals surface area contributed by atoms with E-state index in [4.69, 9.17) is 5.73 Å². The van der Waals surface area contributed by atoms with Crippen LogP contribution in [-0.4, -0.2) is 11.7 Å². The van der Waals surface area contributed by atoms with Crippen molar-refractivity contribution in [2.75, 3.05) is 0 Å². The van der Waals surface area contributed by atoms with Crippen molar-refractivity contribution >= 4 is 11.7 Å². The van der Waals surface area contributed by atoms with Gasteiger partial charge in [0.05, 0.1) is 0 Å². The summed E-state index contributed by atoms with van der Waals surface area (Å²) in [5.74, 6) is -0.262. The molecule has 0 saturated heterocycles. The Hall–Kier alpha value is -0.860. The fraction of sp³-hybridized carbons (Fsp3) is 0.714. The average molecular weight is 143 g/mol. The molecule has 0 rings (SSSR count). The standard InChI is InChI=1S/C7H13NO2/c1-5(6(2)9)3-4-7(8)10/h5H,3-4H2,1-2H3,(H2,8,10)/t5-/m0/s1. The first-order valence-electron chi connectivity index (χ1n) is 3.32. The van der Waals surface area contributed by atoms with Crippen molar-refractivity contribution in [3.05, 3.63) is 0 Å². The molecule has 1 atom stereocenters. The van der Waals surface area contributed by atoms with Gasteiger partial charge in [0.2, 0.25) is 5.91 Å². The van der Waals surface area contributed by atoms with Gasteiger partial charge in [-0.05, 0) is 13.3 Å². The van der Waals surface area contributed by atoms with Gasteiger partial charge in [-0.15, -0.1) is 0 Å². The third kappa shape index (κ3) is 4.06. The number of amides is 1. The Labute approximate surface area is 60.6 Å². The van der Waals surface area contributed by atoms with Gasteiger partial charge in [-0.1, -0.05) is 6.92 Å². The summed E-state index contributed by atoms with van der Waals surface area (Å²) in [6.45, 7) is 3.32. The quantitative estimate of drug-likeness (QED) is 0.622. The topological polar surface area (TPSA) is 60.2 Å². The first-order valence-corrected chi connectivity index (χ1v) is 3.32. The number of nitrogens with two attached hydrogens (primary N) is 1. The molecule has 0 bridgehead atoms. The highest BCUT2D eigenvalue weighted by atomic mass is 16.1. The first-order chi connectivity index (χ1) is 4.54. The lowest BCUT2D eigenvalue weighted by Gasteiger charge is -2.03. The van der Waals surface area contributed by atoms with E-state index in [1.54, 1.807) is 6.92 Å². The molecule has 0 spiro atoms. The normalized spacial score (nSPS) is 12.6. The molecule has 0 aliphatic rings. The van der Waals surface area contributed by atoms with E-state index >= 15 is 0 Å². The Kier molecular flexibility index (Phi) is 3.69. The minimum Gasteiger partial charge on any atom is -0.370 e. The van der Waals surface area contributed by atoms with Crippen LogP contribution in [0, 0.1) is 5.92 Å². The molecular weight excluding hydrogens is 130 g/mol. The van der Waals surface area contributed by atoms with Gasteiger partial charge in [-0.25, -0.2) is 0 Å². The van der Waals surface area contributed by atoms with Crippen LogP contribution < -0.4 is 5.73 Å². The molecule has 0 aromatic rings. The third-order valence-corrected chi connectivity index (χ3v) is 1.52. The molecule has 0 aromatic carbocycles. The van der Waals surface area contributed by atoms with Crippen LogP contribution in [0.1, 0.15) is 26.7 Å². The summed E-state index contributed by atoms with van der Waals surface area (Å²) in [6.07, 6.45) is 0.880. The van der Waals surface area contributed by atoms with Crippen LogP contribution in [0.15, 0.2) is 0 Å². The predicted octanol–water partition coefficient (Wildman–Crippen LogP) is 0.477. The largest absolute Gasteiger partial charge is 0.370 e. The first kappa shape index (κ1) is 9.14. The van der Waals surface area contributed by atoms with Crippen LogP contribution in [0.25, 0.3) is 0 Å². The van der Waals surface area contributed by atoms with Crippen molar-refractivity contribution in [1.82, 2.24) is 0 Å². The highest BCUT2D eigenvalue weighted by Crippen LogP contribution is 2.04. The fourth-order valence-corrected chi connectivity index (χ4v) is 0.562. The van der Waals surface area contributed by atoms with Crippen LogP contribution in [0.2, 0.25) is 0 Å². The lowest BCUT2D eigenvalue weighted by atomic mass is 10.0. The van der Waals surface area contributed by atoms with E-state index in [2.05, 4.69) is 0 Å². The zero-order valence-electron chi connectivity index (χ0n) is 6.39. The maximum Gasteiger partial charge on any atom is 0.217 e. The SMILES string of the molecule is CC(=O)[C@@H](C)CCC(N)=O. The second-order valence-electron chi connectivity index (χ2n) is 2.52. The monoisotopic (exact) mass is 143 g/mol. The van der Waals surface area contributed by atoms with Gasteiger partial charge in [0, 0.05) is 12.3 Å². The number of primary amides is 1. The molecule has 0 aliphatic carbocycles. The third-order valence-electron chi connectivity index (χ3n) is 1.52. The highest BCUT2D eigenvalue weighted by Gasteiger charge is 2.07. The number of carbonyl (C=O) groups excluding carboxylic acids is 2. The van der Waals surface area contributed by atoms with E-state index < -0.39 is 0 Å². The number of rotatable bonds is 4. The van der Waals surface area contributed by atoms with Crippen molar-refractivity contribution in [3.63, 3.8) is 0 Å². The van der Waals surface area contributed by atoms with Crippen molar-refractivity contribution in [2.24, 2.45) is 11.7 Å². The minimum absolute atomic E-state index is 0.0347. The number of hydrogen-bond acceptors (Lipinski definition) is 2. The Bertz CT molecular complexity index is 143. The van der Waals surface area contributed by atoms with E-state index in [0.29, 0.717) is 12.8 Å². The van der Waals surface area contributed by atoms with E-state index in [1.165, 1.54) is 6.92 Å². The lowest BCUT2D eigenvalue weighted by molar-refractivity contribution is -0.121. The molecule has 0 saturated carbocycles. The molecule has 1 amide bonds. The molecule has 0 fully saturated rings. The van der Waals surface area contributed by atoms with Gasteiger partial charge in [-0.2, -0.15) is 0 Å². The van der Waals surface area contributed by atoms with Crippen molar-refractivity contribution in [2.45, 2.75) is 26.7 Å². The highest BCUT2D eigenvalue weighted by molar-refractivity contribution is 5.79. The van der Waals surface area contributed by atoms with Crippen LogP contribution >= 0.6 is 0 Å². The molecule has 0 aromatic heterocycles. The molecule has 10 heavy (non-hydrogen) atoms. The summed E-state index contributed by atoms with van der Waals surface area (Å²) < 4.78 is 0. The molecule has 3 heteroatoms. The van der Waals surface area contributed by atoms with E-state index in [1.807, 2.05) is 0 Å². The van der Waals surface area contributed by atoms with Crippen LogP contribution in [0.4, 0.5) is 0 Å². The lowest BCUT2D eigenvalue weighted by Crippen LogP contribution is -2.14. The number of carbonyl (C=O) groups is 2. The van der Waals surface area contributed by atoms with E-state index in [9.17, 15) is 9.59 Å². The van der Waals surface area contributed by atoms with Gasteiger partial charge < -0.3 is 5.73 Å². The maximum atomic E-state index is 10.6. The summed E-state index contributed by atoms with van der Waals surface area (Å²) in [7, 11) is 0. The second kappa shape index (κ2) is 4.04. The van der Waals surface area contributed by atoms with Crippen molar-refractivity contribution in [3.8, 4) is 0 Å². The zero-order chi connectivity index (χ0) is 8.15. The fourth-order valence-electron chi connectivity index (χ4n) is 0.562. The number of hydrogen-bond donors (Lipinski definition) is 1. The summed E-state index contributed by atoms with van der Waals surface area (Å²) in [6, 6.07) is 0. The van der Waals surface area contributed by atoms with Crippen molar-refractivity contribution < 1.29 is 9.59 Å². The van der Waals surface area contributed by atoms with Crippen LogP contribution in [0.5, 0.6) is 0 Å². The van der Waals surface area contributed by atoms with Gasteiger partial charge in [0.15, 0.2) is 0 Å². The van der Waals surface area contributed by atoms with E-state index in [-0.39, 0.29) is 17.6 Å². The van der Waals surface area contributed by atoms with E-state index in [0.717, 1.165) is 0 Å². The van der Waals surface area contributed by atoms with Crippen molar-refractivity contribution in [1.29, 1.82) is 0 Å². The molecule has 0 unspecified atom stereocenters. The average Bonchev–Trinajstić information content (AvgIpc) is 1.82. The summed E-state index contributed by atoms with van der Waals surface area (Å²) >= 11 is 0. The summed E-state index contributed by atoms with van der Waals surface area (Å²) in [5.41, 5.74) is 4.89.